The molecule has 1 amide bonds. The van der Waals surface area contributed by atoms with Gasteiger partial charge in [-0.25, -0.2) is 0 Å². The highest BCUT2D eigenvalue weighted by molar-refractivity contribution is 5.89. The third-order valence-electron chi connectivity index (χ3n) is 2.92. The van der Waals surface area contributed by atoms with Crippen molar-refractivity contribution in [1.29, 1.82) is 0 Å². The van der Waals surface area contributed by atoms with Gasteiger partial charge in [0.05, 0.1) is 12.8 Å². The van der Waals surface area contributed by atoms with E-state index in [4.69, 9.17) is 8.83 Å². The second-order valence-corrected chi connectivity index (χ2v) is 4.54. The summed E-state index contributed by atoms with van der Waals surface area (Å²) < 4.78 is 10.5. The number of aromatic nitrogens is 2. The van der Waals surface area contributed by atoms with E-state index in [2.05, 4.69) is 15.5 Å². The Morgan fingerprint density at radius 3 is 2.71 bits per heavy atom. The molecule has 1 N–H and O–H groups in total. The van der Waals surface area contributed by atoms with Gasteiger partial charge in [0.25, 0.3) is 0 Å². The van der Waals surface area contributed by atoms with Crippen LogP contribution >= 0.6 is 0 Å². The SMILES string of the molecule is Cc1ccc(-c2nnc(C(=O)NCc3ccco3)o2)cc1. The monoisotopic (exact) mass is 283 g/mol. The topological polar surface area (TPSA) is 81.2 Å². The number of furan rings is 1. The Morgan fingerprint density at radius 1 is 1.19 bits per heavy atom. The van der Waals surface area contributed by atoms with E-state index in [9.17, 15) is 4.79 Å². The summed E-state index contributed by atoms with van der Waals surface area (Å²) in [6, 6.07) is 11.1. The zero-order valence-electron chi connectivity index (χ0n) is 11.4. The lowest BCUT2D eigenvalue weighted by atomic mass is 10.1. The predicted molar refractivity (Wildman–Crippen MR) is 74.3 cm³/mol. The van der Waals surface area contributed by atoms with Gasteiger partial charge in [0.15, 0.2) is 0 Å². The van der Waals surface area contributed by atoms with E-state index in [1.807, 2.05) is 31.2 Å². The Morgan fingerprint density at radius 2 is 2.00 bits per heavy atom. The molecule has 0 fully saturated rings. The summed E-state index contributed by atoms with van der Waals surface area (Å²) in [7, 11) is 0. The normalized spacial score (nSPS) is 10.5. The van der Waals surface area contributed by atoms with Crippen molar-refractivity contribution in [1.82, 2.24) is 15.5 Å². The lowest BCUT2D eigenvalue weighted by Gasteiger charge is -1.98. The van der Waals surface area contributed by atoms with Crippen LogP contribution in [0.4, 0.5) is 0 Å². The summed E-state index contributed by atoms with van der Waals surface area (Å²) in [5.74, 6) is 0.467. The van der Waals surface area contributed by atoms with Crippen molar-refractivity contribution >= 4 is 5.91 Å². The third kappa shape index (κ3) is 3.00. The molecule has 3 aromatic rings. The second-order valence-electron chi connectivity index (χ2n) is 4.54. The number of carbonyl (C=O) groups is 1. The van der Waals surface area contributed by atoms with E-state index >= 15 is 0 Å². The standard InChI is InChI=1S/C15H13N3O3/c1-10-4-6-11(7-5-10)14-17-18-15(21-14)13(19)16-9-12-3-2-8-20-12/h2-8H,9H2,1H3,(H,16,19). The number of benzene rings is 1. The van der Waals surface area contributed by atoms with Gasteiger partial charge >= 0.3 is 11.8 Å². The molecule has 0 radical (unpaired) electrons. The van der Waals surface area contributed by atoms with E-state index in [0.717, 1.165) is 11.1 Å². The molecule has 0 aliphatic rings. The molecule has 0 saturated carbocycles. The van der Waals surface area contributed by atoms with Crippen molar-refractivity contribution < 1.29 is 13.6 Å². The molecular formula is C15H13N3O3. The van der Waals surface area contributed by atoms with Crippen molar-refractivity contribution in [2.75, 3.05) is 0 Å². The number of aryl methyl sites for hydroxylation is 1. The van der Waals surface area contributed by atoms with Crippen molar-refractivity contribution in [2.45, 2.75) is 13.5 Å². The molecule has 0 spiro atoms. The van der Waals surface area contributed by atoms with Crippen LogP contribution in [-0.2, 0) is 6.54 Å². The molecule has 3 rings (SSSR count). The summed E-state index contributed by atoms with van der Waals surface area (Å²) in [5, 5.41) is 10.3. The Balaban J connectivity index is 1.69. The summed E-state index contributed by atoms with van der Waals surface area (Å²) in [6.07, 6.45) is 1.55. The van der Waals surface area contributed by atoms with E-state index in [0.29, 0.717) is 11.7 Å². The third-order valence-corrected chi connectivity index (χ3v) is 2.92. The van der Waals surface area contributed by atoms with Gasteiger partial charge in [-0.2, -0.15) is 0 Å². The lowest BCUT2D eigenvalue weighted by Crippen LogP contribution is -2.22. The molecule has 0 saturated heterocycles. The quantitative estimate of drug-likeness (QED) is 0.795. The van der Waals surface area contributed by atoms with Crippen molar-refractivity contribution in [3.8, 4) is 11.5 Å². The van der Waals surface area contributed by atoms with Gasteiger partial charge in [0, 0.05) is 5.56 Å². The largest absolute Gasteiger partial charge is 0.467 e. The Labute approximate surface area is 120 Å². The minimum absolute atomic E-state index is 0.0721. The highest BCUT2D eigenvalue weighted by Crippen LogP contribution is 2.18. The number of nitrogens with one attached hydrogen (secondary N) is 1. The number of hydrogen-bond donors (Lipinski definition) is 1. The predicted octanol–water partition coefficient (Wildman–Crippen LogP) is 2.57. The molecule has 0 atom stereocenters. The van der Waals surface area contributed by atoms with Gasteiger partial charge in [-0.15, -0.1) is 10.2 Å². The van der Waals surface area contributed by atoms with E-state index in [1.54, 1.807) is 18.4 Å². The molecule has 106 valence electrons. The molecule has 6 heteroatoms. The van der Waals surface area contributed by atoms with Gasteiger partial charge in [-0.1, -0.05) is 17.7 Å². The maximum Gasteiger partial charge on any atom is 0.309 e. The first-order valence-electron chi connectivity index (χ1n) is 6.43. The number of nitrogens with zero attached hydrogens (tertiary/aromatic N) is 2. The minimum atomic E-state index is -0.433. The Bertz CT molecular complexity index is 730. The fraction of sp³-hybridized carbons (Fsp3) is 0.133. The van der Waals surface area contributed by atoms with Crippen LogP contribution in [0, 0.1) is 6.92 Å². The molecule has 21 heavy (non-hydrogen) atoms. The fourth-order valence-corrected chi connectivity index (χ4v) is 1.78. The molecule has 0 bridgehead atoms. The van der Waals surface area contributed by atoms with Crippen LogP contribution in [0.15, 0.2) is 51.5 Å². The molecule has 0 unspecified atom stereocenters. The van der Waals surface area contributed by atoms with E-state index in [1.165, 1.54) is 0 Å². The summed E-state index contributed by atoms with van der Waals surface area (Å²) in [6.45, 7) is 2.26. The molecule has 2 aromatic heterocycles. The fourth-order valence-electron chi connectivity index (χ4n) is 1.78. The zero-order valence-corrected chi connectivity index (χ0v) is 11.4. The average molecular weight is 283 g/mol. The minimum Gasteiger partial charge on any atom is -0.467 e. The van der Waals surface area contributed by atoms with E-state index < -0.39 is 5.91 Å². The number of rotatable bonds is 4. The van der Waals surface area contributed by atoms with E-state index in [-0.39, 0.29) is 12.4 Å². The van der Waals surface area contributed by atoms with Crippen LogP contribution in [-0.4, -0.2) is 16.1 Å². The first-order chi connectivity index (χ1) is 10.2. The van der Waals surface area contributed by atoms with Crippen LogP contribution in [0.25, 0.3) is 11.5 Å². The van der Waals surface area contributed by atoms with Gasteiger partial charge in [0.2, 0.25) is 5.89 Å². The van der Waals surface area contributed by atoms with Crippen LogP contribution in [0.3, 0.4) is 0 Å². The van der Waals surface area contributed by atoms with Crippen LogP contribution in [0.2, 0.25) is 0 Å². The van der Waals surface area contributed by atoms with Crippen molar-refractivity contribution in [3.05, 3.63) is 59.9 Å². The zero-order chi connectivity index (χ0) is 14.7. The molecule has 0 aliphatic carbocycles. The smallest absolute Gasteiger partial charge is 0.309 e. The maximum absolute atomic E-state index is 11.9. The molecule has 1 aromatic carbocycles. The summed E-state index contributed by atoms with van der Waals surface area (Å²) in [4.78, 5) is 11.9. The molecule has 2 heterocycles. The average Bonchev–Trinajstić information content (AvgIpc) is 3.17. The summed E-state index contributed by atoms with van der Waals surface area (Å²) >= 11 is 0. The second kappa shape index (κ2) is 5.62. The molecule has 0 aliphatic heterocycles. The molecular weight excluding hydrogens is 270 g/mol. The molecule has 6 nitrogen and oxygen atoms in total. The van der Waals surface area contributed by atoms with Crippen molar-refractivity contribution in [2.24, 2.45) is 0 Å². The first kappa shape index (κ1) is 13.1. The number of amides is 1. The van der Waals surface area contributed by atoms with Crippen LogP contribution in [0.1, 0.15) is 22.0 Å². The number of carbonyl (C=O) groups excluding carboxylic acids is 1. The highest BCUT2D eigenvalue weighted by Gasteiger charge is 2.15. The Hall–Kier alpha value is -2.89. The number of hydrogen-bond acceptors (Lipinski definition) is 5. The van der Waals surface area contributed by atoms with Crippen LogP contribution in [0.5, 0.6) is 0 Å². The van der Waals surface area contributed by atoms with Crippen LogP contribution < -0.4 is 5.32 Å². The van der Waals surface area contributed by atoms with Gasteiger partial charge in [-0.05, 0) is 31.2 Å². The lowest BCUT2D eigenvalue weighted by molar-refractivity contribution is 0.0914. The van der Waals surface area contributed by atoms with Gasteiger partial charge < -0.3 is 14.2 Å². The summed E-state index contributed by atoms with van der Waals surface area (Å²) in [5.41, 5.74) is 1.91. The maximum atomic E-state index is 11.9. The Kier molecular flexibility index (Phi) is 3.51. The van der Waals surface area contributed by atoms with Crippen molar-refractivity contribution in [3.63, 3.8) is 0 Å². The first-order valence-corrected chi connectivity index (χ1v) is 6.43. The van der Waals surface area contributed by atoms with Gasteiger partial charge in [0.1, 0.15) is 5.76 Å². The van der Waals surface area contributed by atoms with Gasteiger partial charge in [-0.3, -0.25) is 4.79 Å². The highest BCUT2D eigenvalue weighted by atomic mass is 16.4.